The molecule has 2 heterocycles. The number of carbonyl (C=O) groups is 1. The number of hydrogen-bond donors (Lipinski definition) is 1. The van der Waals surface area contributed by atoms with Gasteiger partial charge < -0.3 is 10.1 Å². The quantitative estimate of drug-likeness (QED) is 0.724. The molecule has 1 amide bonds. The number of alkyl halides is 2. The standard InChI is InChI=1S/C20H27F2N3O2/c1-3-4-11-27-15-7-5-14(6-8-15)24-20(26)16-9-10-25-17(18(21)22)12-13(2)23-19(16)25/h9-10,12,14-15,18H,3-8,11H2,1-2H3,(H,24,26). The summed E-state index contributed by atoms with van der Waals surface area (Å²) in [6.45, 7) is 4.59. The molecule has 0 saturated heterocycles. The fraction of sp³-hybridized carbons (Fsp3) is 0.600. The second-order valence-electron chi connectivity index (χ2n) is 7.22. The normalized spacial score (nSPS) is 20.3. The lowest BCUT2D eigenvalue weighted by Gasteiger charge is -2.29. The van der Waals surface area contributed by atoms with E-state index in [9.17, 15) is 13.6 Å². The van der Waals surface area contributed by atoms with E-state index in [0.717, 1.165) is 45.1 Å². The summed E-state index contributed by atoms with van der Waals surface area (Å²) >= 11 is 0. The van der Waals surface area contributed by atoms with Crippen molar-refractivity contribution in [2.45, 2.75) is 70.9 Å². The molecule has 7 heteroatoms. The number of unbranched alkanes of at least 4 members (excludes halogenated alkanes) is 1. The molecule has 3 rings (SSSR count). The van der Waals surface area contributed by atoms with E-state index in [2.05, 4.69) is 17.2 Å². The first-order valence-corrected chi connectivity index (χ1v) is 9.68. The third kappa shape index (κ3) is 4.64. The zero-order valence-electron chi connectivity index (χ0n) is 15.9. The molecule has 5 nitrogen and oxygen atoms in total. The van der Waals surface area contributed by atoms with Crippen LogP contribution in [0.4, 0.5) is 8.78 Å². The van der Waals surface area contributed by atoms with Crippen molar-refractivity contribution in [3.05, 3.63) is 35.3 Å². The van der Waals surface area contributed by atoms with Crippen molar-refractivity contribution in [3.63, 3.8) is 0 Å². The van der Waals surface area contributed by atoms with Crippen LogP contribution in [0, 0.1) is 6.92 Å². The Kier molecular flexibility index (Phi) is 6.42. The van der Waals surface area contributed by atoms with Gasteiger partial charge in [-0.3, -0.25) is 9.20 Å². The highest BCUT2D eigenvalue weighted by Crippen LogP contribution is 2.25. The van der Waals surface area contributed by atoms with E-state index in [-0.39, 0.29) is 29.4 Å². The molecule has 148 valence electrons. The molecule has 1 saturated carbocycles. The van der Waals surface area contributed by atoms with Gasteiger partial charge in [-0.1, -0.05) is 13.3 Å². The Hall–Kier alpha value is -2.02. The molecule has 0 aliphatic heterocycles. The third-order valence-electron chi connectivity index (χ3n) is 5.11. The van der Waals surface area contributed by atoms with Crippen molar-refractivity contribution in [2.75, 3.05) is 6.61 Å². The van der Waals surface area contributed by atoms with E-state index in [0.29, 0.717) is 11.3 Å². The SMILES string of the molecule is CCCCOC1CCC(NC(=O)c2ccn3c(C(F)F)cc(C)nc23)CC1. The maximum Gasteiger partial charge on any atom is 0.278 e. The molecule has 1 N–H and O–H groups in total. The van der Waals surface area contributed by atoms with Crippen LogP contribution in [-0.4, -0.2) is 34.0 Å². The lowest BCUT2D eigenvalue weighted by molar-refractivity contribution is 0.0209. The average molecular weight is 379 g/mol. The van der Waals surface area contributed by atoms with Gasteiger partial charge in [0.05, 0.1) is 17.4 Å². The summed E-state index contributed by atoms with van der Waals surface area (Å²) in [5.74, 6) is -0.258. The number of carbonyl (C=O) groups excluding carboxylic acids is 1. The summed E-state index contributed by atoms with van der Waals surface area (Å²) in [6.07, 6.45) is 4.92. The van der Waals surface area contributed by atoms with Gasteiger partial charge in [0.1, 0.15) is 5.65 Å². The number of nitrogens with zero attached hydrogens (tertiary/aromatic N) is 2. The highest BCUT2D eigenvalue weighted by atomic mass is 19.3. The monoisotopic (exact) mass is 379 g/mol. The summed E-state index contributed by atoms with van der Waals surface area (Å²) < 4.78 is 33.6. The Morgan fingerprint density at radius 1 is 1.37 bits per heavy atom. The van der Waals surface area contributed by atoms with Crippen LogP contribution in [0.3, 0.4) is 0 Å². The second kappa shape index (κ2) is 8.78. The molecular formula is C20H27F2N3O2. The minimum atomic E-state index is -2.62. The van der Waals surface area contributed by atoms with Gasteiger partial charge in [-0.05, 0) is 51.2 Å². The van der Waals surface area contributed by atoms with Gasteiger partial charge in [-0.25, -0.2) is 13.8 Å². The topological polar surface area (TPSA) is 55.6 Å². The molecule has 1 aliphatic rings. The summed E-state index contributed by atoms with van der Waals surface area (Å²) in [5, 5.41) is 3.03. The first-order valence-electron chi connectivity index (χ1n) is 9.68. The van der Waals surface area contributed by atoms with E-state index in [1.165, 1.54) is 16.7 Å². The molecular weight excluding hydrogens is 352 g/mol. The Morgan fingerprint density at radius 3 is 2.78 bits per heavy atom. The fourth-order valence-electron chi connectivity index (χ4n) is 3.61. The summed E-state index contributed by atoms with van der Waals surface area (Å²) in [7, 11) is 0. The molecule has 0 spiro atoms. The van der Waals surface area contributed by atoms with Crippen molar-refractivity contribution in [3.8, 4) is 0 Å². The number of nitrogens with one attached hydrogen (secondary N) is 1. The van der Waals surface area contributed by atoms with Gasteiger partial charge in [0, 0.05) is 24.5 Å². The first-order chi connectivity index (χ1) is 13.0. The van der Waals surface area contributed by atoms with Gasteiger partial charge >= 0.3 is 0 Å². The zero-order valence-corrected chi connectivity index (χ0v) is 15.9. The molecule has 0 radical (unpaired) electrons. The number of amides is 1. The second-order valence-corrected chi connectivity index (χ2v) is 7.22. The number of fused-ring (bicyclic) bond motifs is 1. The van der Waals surface area contributed by atoms with Crippen molar-refractivity contribution in [1.82, 2.24) is 14.7 Å². The van der Waals surface area contributed by atoms with Gasteiger partial charge in [0.25, 0.3) is 12.3 Å². The zero-order chi connectivity index (χ0) is 19.4. The maximum atomic E-state index is 13.2. The van der Waals surface area contributed by atoms with Crippen molar-refractivity contribution >= 4 is 11.6 Å². The molecule has 0 bridgehead atoms. The number of halogens is 2. The number of aromatic nitrogens is 2. The number of hydrogen-bond acceptors (Lipinski definition) is 3. The molecule has 2 aromatic rings. The Morgan fingerprint density at radius 2 is 2.11 bits per heavy atom. The molecule has 1 fully saturated rings. The van der Waals surface area contributed by atoms with Gasteiger partial charge in [0.2, 0.25) is 0 Å². The van der Waals surface area contributed by atoms with Crippen LogP contribution in [0.25, 0.3) is 5.65 Å². The molecule has 0 unspecified atom stereocenters. The van der Waals surface area contributed by atoms with Gasteiger partial charge in [-0.15, -0.1) is 0 Å². The maximum absolute atomic E-state index is 13.2. The van der Waals surface area contributed by atoms with E-state index >= 15 is 0 Å². The smallest absolute Gasteiger partial charge is 0.278 e. The predicted octanol–water partition coefficient (Wildman–Crippen LogP) is 4.44. The molecule has 2 aromatic heterocycles. The lowest BCUT2D eigenvalue weighted by atomic mass is 9.92. The summed E-state index contributed by atoms with van der Waals surface area (Å²) in [6, 6.07) is 2.99. The minimum Gasteiger partial charge on any atom is -0.378 e. The molecule has 1 aliphatic carbocycles. The van der Waals surface area contributed by atoms with Crippen molar-refractivity contribution in [2.24, 2.45) is 0 Å². The average Bonchev–Trinajstić information content (AvgIpc) is 3.06. The molecule has 0 atom stereocenters. The van der Waals surface area contributed by atoms with Crippen LogP contribution >= 0.6 is 0 Å². The highest BCUT2D eigenvalue weighted by molar-refractivity contribution is 6.00. The third-order valence-corrected chi connectivity index (χ3v) is 5.11. The van der Waals surface area contributed by atoms with E-state index in [4.69, 9.17) is 4.74 Å². The van der Waals surface area contributed by atoms with Crippen molar-refractivity contribution < 1.29 is 18.3 Å². The van der Waals surface area contributed by atoms with Crippen LogP contribution < -0.4 is 5.32 Å². The Balaban J connectivity index is 1.64. The largest absolute Gasteiger partial charge is 0.378 e. The van der Waals surface area contributed by atoms with Crippen LogP contribution in [0.1, 0.15) is 73.6 Å². The lowest BCUT2D eigenvalue weighted by Crippen LogP contribution is -2.39. The van der Waals surface area contributed by atoms with Gasteiger partial charge in [0.15, 0.2) is 0 Å². The number of aryl methyl sites for hydroxylation is 1. The Labute approximate surface area is 158 Å². The van der Waals surface area contributed by atoms with Crippen LogP contribution in [0.5, 0.6) is 0 Å². The highest BCUT2D eigenvalue weighted by Gasteiger charge is 2.25. The number of ether oxygens (including phenoxy) is 1. The Bertz CT molecular complexity index is 783. The van der Waals surface area contributed by atoms with Crippen LogP contribution in [0.2, 0.25) is 0 Å². The van der Waals surface area contributed by atoms with E-state index < -0.39 is 6.43 Å². The minimum absolute atomic E-state index is 0.0813. The molecule has 27 heavy (non-hydrogen) atoms. The predicted molar refractivity (Wildman–Crippen MR) is 99.3 cm³/mol. The summed E-state index contributed by atoms with van der Waals surface area (Å²) in [4.78, 5) is 17.0. The first kappa shape index (κ1) is 19.7. The van der Waals surface area contributed by atoms with Crippen LogP contribution in [-0.2, 0) is 4.74 Å². The fourth-order valence-corrected chi connectivity index (χ4v) is 3.61. The van der Waals surface area contributed by atoms with Crippen LogP contribution in [0.15, 0.2) is 18.3 Å². The van der Waals surface area contributed by atoms with Gasteiger partial charge in [-0.2, -0.15) is 0 Å². The van der Waals surface area contributed by atoms with E-state index in [1.54, 1.807) is 13.0 Å². The molecule has 0 aromatic carbocycles. The summed E-state index contributed by atoms with van der Waals surface area (Å²) in [5.41, 5.74) is 0.929. The van der Waals surface area contributed by atoms with E-state index in [1.807, 2.05) is 0 Å². The number of rotatable bonds is 7. The van der Waals surface area contributed by atoms with Crippen molar-refractivity contribution in [1.29, 1.82) is 0 Å².